The summed E-state index contributed by atoms with van der Waals surface area (Å²) < 4.78 is 0. The van der Waals surface area contributed by atoms with Crippen LogP contribution >= 0.6 is 0 Å². The highest BCUT2D eigenvalue weighted by molar-refractivity contribution is 5.98. The zero-order valence-corrected chi connectivity index (χ0v) is 10.5. The van der Waals surface area contributed by atoms with E-state index in [2.05, 4.69) is 0 Å². The molecule has 1 aromatic rings. The number of para-hydroxylation sites is 1. The van der Waals surface area contributed by atoms with Gasteiger partial charge in [-0.2, -0.15) is 0 Å². The summed E-state index contributed by atoms with van der Waals surface area (Å²) in [5, 5.41) is 0. The summed E-state index contributed by atoms with van der Waals surface area (Å²) in [5.41, 5.74) is 1.94. The molecule has 1 aromatic carbocycles. The molecule has 0 aromatic heterocycles. The van der Waals surface area contributed by atoms with E-state index in [0.717, 1.165) is 36.8 Å². The number of anilines is 1. The van der Waals surface area contributed by atoms with Crippen LogP contribution in [0.4, 0.5) is 5.69 Å². The lowest BCUT2D eigenvalue weighted by molar-refractivity contribution is -0.120. The lowest BCUT2D eigenvalue weighted by Gasteiger charge is -2.38. The number of carbonyl (C=O) groups excluding carboxylic acids is 2. The fraction of sp³-hybridized carbons (Fsp3) is 0.467. The minimum Gasteiger partial charge on any atom is -0.309 e. The second kappa shape index (κ2) is 4.23. The number of hydrogen-bond donors (Lipinski definition) is 0. The Bertz CT molecular complexity index is 493. The second-order valence-corrected chi connectivity index (χ2v) is 5.37. The van der Waals surface area contributed by atoms with Crippen LogP contribution in [0.25, 0.3) is 0 Å². The number of nitrogens with zero attached hydrogens (tertiary/aromatic N) is 1. The Morgan fingerprint density at radius 2 is 2.06 bits per heavy atom. The Kier molecular flexibility index (Phi) is 2.69. The summed E-state index contributed by atoms with van der Waals surface area (Å²) in [5.74, 6) is 0.382. The number of carbonyl (C=O) groups is 2. The highest BCUT2D eigenvalue weighted by atomic mass is 16.2. The molecular weight excluding hydrogens is 226 g/mol. The lowest BCUT2D eigenvalue weighted by Crippen LogP contribution is -2.44. The van der Waals surface area contributed by atoms with Crippen LogP contribution in [0.15, 0.2) is 24.3 Å². The monoisotopic (exact) mass is 243 g/mol. The third-order valence-electron chi connectivity index (χ3n) is 3.96. The molecule has 2 aliphatic rings. The van der Waals surface area contributed by atoms with Crippen LogP contribution in [0.5, 0.6) is 0 Å². The van der Waals surface area contributed by atoms with Crippen LogP contribution in [-0.2, 0) is 9.59 Å². The molecule has 1 aliphatic heterocycles. The standard InChI is InChI=1S/C15H17NO2/c1-10-8-12(9-17)13-4-2-3-5-14(13)16(10)15(18)11-6-7-11/h2-5,9-12H,6-8H2,1H3. The van der Waals surface area contributed by atoms with Gasteiger partial charge < -0.3 is 9.69 Å². The van der Waals surface area contributed by atoms with Crippen molar-refractivity contribution in [3.05, 3.63) is 29.8 Å². The van der Waals surface area contributed by atoms with Crippen LogP contribution in [0, 0.1) is 5.92 Å². The van der Waals surface area contributed by atoms with Gasteiger partial charge in [0.2, 0.25) is 5.91 Å². The highest BCUT2D eigenvalue weighted by Crippen LogP contribution is 2.41. The first-order valence-corrected chi connectivity index (χ1v) is 6.59. The SMILES string of the molecule is CC1CC(C=O)c2ccccc2N1C(=O)C1CC1. The van der Waals surface area contributed by atoms with Gasteiger partial charge in [-0.1, -0.05) is 18.2 Å². The fourth-order valence-corrected chi connectivity index (χ4v) is 2.85. The molecular formula is C15H17NO2. The molecule has 0 radical (unpaired) electrons. The predicted octanol–water partition coefficient (Wildman–Crippen LogP) is 2.50. The molecule has 0 bridgehead atoms. The van der Waals surface area contributed by atoms with Gasteiger partial charge in [0.1, 0.15) is 6.29 Å². The van der Waals surface area contributed by atoms with E-state index in [1.54, 1.807) is 0 Å². The zero-order chi connectivity index (χ0) is 12.7. The van der Waals surface area contributed by atoms with E-state index >= 15 is 0 Å². The molecule has 1 aliphatic carbocycles. The van der Waals surface area contributed by atoms with Gasteiger partial charge in [-0.15, -0.1) is 0 Å². The molecule has 1 saturated carbocycles. The molecule has 2 atom stereocenters. The number of fused-ring (bicyclic) bond motifs is 1. The maximum Gasteiger partial charge on any atom is 0.230 e. The van der Waals surface area contributed by atoms with Crippen molar-refractivity contribution in [3.8, 4) is 0 Å². The van der Waals surface area contributed by atoms with E-state index in [-0.39, 0.29) is 23.8 Å². The number of hydrogen-bond acceptors (Lipinski definition) is 2. The van der Waals surface area contributed by atoms with Gasteiger partial charge in [0.15, 0.2) is 0 Å². The average molecular weight is 243 g/mol. The Morgan fingerprint density at radius 1 is 1.33 bits per heavy atom. The number of aldehydes is 1. The van der Waals surface area contributed by atoms with Crippen LogP contribution < -0.4 is 4.90 Å². The molecule has 3 rings (SSSR count). The summed E-state index contributed by atoms with van der Waals surface area (Å²) >= 11 is 0. The quantitative estimate of drug-likeness (QED) is 0.748. The van der Waals surface area contributed by atoms with Gasteiger partial charge >= 0.3 is 0 Å². The fourth-order valence-electron chi connectivity index (χ4n) is 2.85. The number of benzene rings is 1. The molecule has 0 spiro atoms. The molecule has 1 heterocycles. The van der Waals surface area contributed by atoms with Crippen molar-refractivity contribution in [1.29, 1.82) is 0 Å². The van der Waals surface area contributed by atoms with Crippen LogP contribution in [0.3, 0.4) is 0 Å². The van der Waals surface area contributed by atoms with E-state index in [1.807, 2.05) is 36.1 Å². The summed E-state index contributed by atoms with van der Waals surface area (Å²) in [6.07, 6.45) is 3.77. The van der Waals surface area contributed by atoms with Crippen LogP contribution in [0.1, 0.15) is 37.7 Å². The molecule has 0 saturated heterocycles. The summed E-state index contributed by atoms with van der Waals surface area (Å²) in [6, 6.07) is 7.91. The topological polar surface area (TPSA) is 37.4 Å². The summed E-state index contributed by atoms with van der Waals surface area (Å²) in [6.45, 7) is 2.03. The third kappa shape index (κ3) is 1.74. The molecule has 2 unspecified atom stereocenters. The normalized spacial score (nSPS) is 26.6. The lowest BCUT2D eigenvalue weighted by atomic mass is 9.87. The first-order valence-electron chi connectivity index (χ1n) is 6.59. The first kappa shape index (κ1) is 11.5. The highest BCUT2D eigenvalue weighted by Gasteiger charge is 2.39. The molecule has 0 N–H and O–H groups in total. The van der Waals surface area contributed by atoms with E-state index in [4.69, 9.17) is 0 Å². The predicted molar refractivity (Wildman–Crippen MR) is 69.5 cm³/mol. The van der Waals surface area contributed by atoms with Gasteiger partial charge in [-0.05, 0) is 37.8 Å². The number of rotatable bonds is 2. The minimum absolute atomic E-state index is 0.0700. The van der Waals surface area contributed by atoms with Gasteiger partial charge in [-0.25, -0.2) is 0 Å². The third-order valence-corrected chi connectivity index (χ3v) is 3.96. The van der Waals surface area contributed by atoms with Crippen molar-refractivity contribution in [3.63, 3.8) is 0 Å². The largest absolute Gasteiger partial charge is 0.309 e. The van der Waals surface area contributed by atoms with E-state index in [9.17, 15) is 9.59 Å². The molecule has 3 heteroatoms. The van der Waals surface area contributed by atoms with E-state index in [0.29, 0.717) is 0 Å². The Hall–Kier alpha value is -1.64. The van der Waals surface area contributed by atoms with Gasteiger partial charge in [0, 0.05) is 23.6 Å². The van der Waals surface area contributed by atoms with Crippen LogP contribution in [-0.4, -0.2) is 18.2 Å². The van der Waals surface area contributed by atoms with Crippen LogP contribution in [0.2, 0.25) is 0 Å². The Balaban J connectivity index is 2.03. The van der Waals surface area contributed by atoms with Crippen molar-refractivity contribution in [1.82, 2.24) is 0 Å². The molecule has 1 amide bonds. The summed E-state index contributed by atoms with van der Waals surface area (Å²) in [7, 11) is 0. The minimum atomic E-state index is -0.0700. The van der Waals surface area contributed by atoms with Gasteiger partial charge in [0.25, 0.3) is 0 Å². The number of amides is 1. The van der Waals surface area contributed by atoms with E-state index in [1.165, 1.54) is 0 Å². The van der Waals surface area contributed by atoms with Crippen molar-refractivity contribution >= 4 is 17.9 Å². The molecule has 94 valence electrons. The Labute approximate surface area is 107 Å². The molecule has 1 fully saturated rings. The summed E-state index contributed by atoms with van der Waals surface area (Å²) in [4.78, 5) is 25.5. The van der Waals surface area contributed by atoms with Crippen molar-refractivity contribution in [2.45, 2.75) is 38.1 Å². The average Bonchev–Trinajstić information content (AvgIpc) is 3.21. The van der Waals surface area contributed by atoms with Gasteiger partial charge in [-0.3, -0.25) is 4.79 Å². The van der Waals surface area contributed by atoms with Crippen molar-refractivity contribution in [2.24, 2.45) is 5.92 Å². The van der Waals surface area contributed by atoms with Crippen molar-refractivity contribution < 1.29 is 9.59 Å². The zero-order valence-electron chi connectivity index (χ0n) is 10.5. The smallest absolute Gasteiger partial charge is 0.230 e. The maximum atomic E-state index is 12.4. The molecule has 18 heavy (non-hydrogen) atoms. The Morgan fingerprint density at radius 3 is 2.72 bits per heavy atom. The first-order chi connectivity index (χ1) is 8.72. The molecule has 3 nitrogen and oxygen atoms in total. The van der Waals surface area contributed by atoms with E-state index < -0.39 is 0 Å². The van der Waals surface area contributed by atoms with Gasteiger partial charge in [0.05, 0.1) is 0 Å². The second-order valence-electron chi connectivity index (χ2n) is 5.37. The van der Waals surface area contributed by atoms with Crippen molar-refractivity contribution in [2.75, 3.05) is 4.90 Å². The maximum absolute atomic E-state index is 12.4.